The number of rotatable bonds is 11. The number of hydrogen-bond acceptors (Lipinski definition) is 11. The first-order chi connectivity index (χ1) is 24.0. The van der Waals surface area contributed by atoms with E-state index in [2.05, 4.69) is 20.1 Å². The van der Waals surface area contributed by atoms with Crippen LogP contribution in [0.4, 0.5) is 45.0 Å². The number of benzene rings is 3. The highest BCUT2D eigenvalue weighted by molar-refractivity contribution is 7.92. The van der Waals surface area contributed by atoms with E-state index in [1.54, 1.807) is 25.3 Å². The van der Waals surface area contributed by atoms with E-state index >= 15 is 0 Å². The number of nitrogens with one attached hydrogen (secondary N) is 1. The molecular formula is C33H29F5N6O5S2. The standard InChI is InChI=1S/C33H29F5N6O5S2/c1-18(2)30-42-27(28(50-30)24-14-15-39-32(41-24)40-20-12-13-26(48-5)25(17-20)43(3)4)19-8-6-9-21(16-19)44(49-31(45)33(36,37)38)51(46,47)29-22(34)10-7-11-23(29)35/h6-18H,1-5H3,(H,39,40,41). The highest BCUT2D eigenvalue weighted by Gasteiger charge is 2.46. The Labute approximate surface area is 293 Å². The fourth-order valence-corrected chi connectivity index (χ4v) is 7.10. The molecule has 0 aliphatic heterocycles. The summed E-state index contributed by atoms with van der Waals surface area (Å²) in [6, 6.07) is 13.8. The predicted molar refractivity (Wildman–Crippen MR) is 181 cm³/mol. The number of thiazole rings is 1. The molecule has 0 aliphatic rings. The van der Waals surface area contributed by atoms with Crippen LogP contribution in [-0.4, -0.2) is 56.7 Å². The Bertz CT molecular complexity index is 2170. The summed E-state index contributed by atoms with van der Waals surface area (Å²) in [5.41, 5.74) is 1.55. The molecule has 0 atom stereocenters. The molecule has 0 aliphatic carbocycles. The zero-order valence-corrected chi connectivity index (χ0v) is 29.1. The van der Waals surface area contributed by atoms with Crippen LogP contribution >= 0.6 is 11.3 Å². The van der Waals surface area contributed by atoms with E-state index in [-0.39, 0.29) is 23.1 Å². The number of carbonyl (C=O) groups is 1. The molecule has 0 bridgehead atoms. The highest BCUT2D eigenvalue weighted by Crippen LogP contribution is 2.41. The first-order valence-electron chi connectivity index (χ1n) is 14.9. The van der Waals surface area contributed by atoms with Gasteiger partial charge in [-0.2, -0.15) is 21.6 Å². The Hall–Kier alpha value is -5.36. The molecule has 18 heteroatoms. The quantitative estimate of drug-likeness (QED) is 0.106. The zero-order valence-electron chi connectivity index (χ0n) is 27.5. The molecule has 0 amide bonds. The lowest BCUT2D eigenvalue weighted by atomic mass is 10.1. The predicted octanol–water partition coefficient (Wildman–Crippen LogP) is 7.70. The molecule has 0 radical (unpaired) electrons. The molecule has 3 aromatic carbocycles. The third kappa shape index (κ3) is 7.86. The van der Waals surface area contributed by atoms with Crippen LogP contribution in [0.1, 0.15) is 24.8 Å². The Balaban J connectivity index is 1.60. The van der Waals surface area contributed by atoms with E-state index in [1.807, 2.05) is 38.9 Å². The third-order valence-corrected chi connectivity index (χ3v) is 10.1. The zero-order chi connectivity index (χ0) is 37.2. The molecule has 0 unspecified atom stereocenters. The van der Waals surface area contributed by atoms with Crippen molar-refractivity contribution in [3.8, 4) is 27.6 Å². The molecule has 0 saturated heterocycles. The number of anilines is 4. The lowest BCUT2D eigenvalue weighted by Gasteiger charge is -2.23. The molecule has 51 heavy (non-hydrogen) atoms. The van der Waals surface area contributed by atoms with Crippen molar-refractivity contribution in [2.45, 2.75) is 30.8 Å². The lowest BCUT2D eigenvalue weighted by Crippen LogP contribution is -2.39. The van der Waals surface area contributed by atoms with Crippen molar-refractivity contribution in [1.29, 1.82) is 0 Å². The number of sulfonamides is 1. The number of methoxy groups -OCH3 is 1. The van der Waals surface area contributed by atoms with Gasteiger partial charge < -0.3 is 19.8 Å². The summed E-state index contributed by atoms with van der Waals surface area (Å²) in [4.78, 5) is 30.6. The van der Waals surface area contributed by atoms with Gasteiger partial charge in [0, 0.05) is 37.5 Å². The van der Waals surface area contributed by atoms with Crippen LogP contribution in [0, 0.1) is 11.6 Å². The number of nitrogens with zero attached hydrogens (tertiary/aromatic N) is 5. The van der Waals surface area contributed by atoms with E-state index < -0.39 is 48.9 Å². The normalized spacial score (nSPS) is 11.7. The van der Waals surface area contributed by atoms with Gasteiger partial charge in [0.05, 0.1) is 39.8 Å². The van der Waals surface area contributed by atoms with E-state index in [0.29, 0.717) is 39.1 Å². The molecule has 5 rings (SSSR count). The van der Waals surface area contributed by atoms with Crippen molar-refractivity contribution in [3.63, 3.8) is 0 Å². The van der Waals surface area contributed by atoms with Gasteiger partial charge in [-0.1, -0.05) is 36.5 Å². The first-order valence-corrected chi connectivity index (χ1v) is 17.1. The minimum Gasteiger partial charge on any atom is -0.495 e. The number of aromatic nitrogens is 3. The minimum atomic E-state index is -5.66. The van der Waals surface area contributed by atoms with Crippen molar-refractivity contribution < 1.29 is 44.7 Å². The van der Waals surface area contributed by atoms with Crippen LogP contribution in [-0.2, 0) is 19.7 Å². The van der Waals surface area contributed by atoms with E-state index in [4.69, 9.17) is 9.72 Å². The van der Waals surface area contributed by atoms with Gasteiger partial charge in [0.1, 0.15) is 17.4 Å². The maximum Gasteiger partial charge on any atom is 0.493 e. The fourth-order valence-electron chi connectivity index (χ4n) is 4.69. The Morgan fingerprint density at radius 2 is 1.65 bits per heavy atom. The summed E-state index contributed by atoms with van der Waals surface area (Å²) in [5.74, 6) is -5.42. The summed E-state index contributed by atoms with van der Waals surface area (Å²) in [6.45, 7) is 3.77. The summed E-state index contributed by atoms with van der Waals surface area (Å²) in [6.07, 6.45) is -4.16. The van der Waals surface area contributed by atoms with E-state index in [9.17, 15) is 35.2 Å². The van der Waals surface area contributed by atoms with Gasteiger partial charge in [-0.15, -0.1) is 11.3 Å². The Morgan fingerprint density at radius 3 is 2.27 bits per heavy atom. The van der Waals surface area contributed by atoms with Crippen molar-refractivity contribution in [2.75, 3.05) is 35.9 Å². The second-order valence-electron chi connectivity index (χ2n) is 11.3. The Kier molecular flexibility index (Phi) is 10.5. The molecule has 0 spiro atoms. The van der Waals surface area contributed by atoms with Gasteiger partial charge in [0.25, 0.3) is 0 Å². The van der Waals surface area contributed by atoms with Crippen LogP contribution in [0.25, 0.3) is 21.8 Å². The van der Waals surface area contributed by atoms with E-state index in [1.165, 1.54) is 29.7 Å². The van der Waals surface area contributed by atoms with Gasteiger partial charge in [0.2, 0.25) is 5.95 Å². The van der Waals surface area contributed by atoms with Gasteiger partial charge in [0.15, 0.2) is 4.90 Å². The summed E-state index contributed by atoms with van der Waals surface area (Å²) >= 11 is 1.26. The maximum atomic E-state index is 14.7. The number of alkyl halides is 3. The van der Waals surface area contributed by atoms with Crippen molar-refractivity contribution in [2.24, 2.45) is 0 Å². The molecule has 5 aromatic rings. The Morgan fingerprint density at radius 1 is 0.961 bits per heavy atom. The molecule has 1 N–H and O–H groups in total. The third-order valence-electron chi connectivity index (χ3n) is 7.07. The number of halogens is 5. The van der Waals surface area contributed by atoms with Gasteiger partial charge >= 0.3 is 22.2 Å². The van der Waals surface area contributed by atoms with Crippen LogP contribution < -0.4 is 19.4 Å². The second kappa shape index (κ2) is 14.5. The summed E-state index contributed by atoms with van der Waals surface area (Å²) < 4.78 is 101. The topological polar surface area (TPSA) is 127 Å². The largest absolute Gasteiger partial charge is 0.495 e. The molecular weight excluding hydrogens is 720 g/mol. The highest BCUT2D eigenvalue weighted by atomic mass is 32.2. The van der Waals surface area contributed by atoms with Crippen LogP contribution in [0.5, 0.6) is 5.75 Å². The van der Waals surface area contributed by atoms with Crippen molar-refractivity contribution >= 4 is 50.3 Å². The van der Waals surface area contributed by atoms with Gasteiger partial charge in [-0.05, 0) is 48.5 Å². The molecule has 11 nitrogen and oxygen atoms in total. The summed E-state index contributed by atoms with van der Waals surface area (Å²) in [5, 5.41) is 3.78. The molecule has 268 valence electrons. The van der Waals surface area contributed by atoms with E-state index in [0.717, 1.165) is 23.9 Å². The van der Waals surface area contributed by atoms with Crippen molar-refractivity contribution in [3.05, 3.63) is 89.6 Å². The molecule has 0 fully saturated rings. The first kappa shape index (κ1) is 36.9. The van der Waals surface area contributed by atoms with Crippen LogP contribution in [0.3, 0.4) is 0 Å². The van der Waals surface area contributed by atoms with Gasteiger partial charge in [-0.25, -0.2) is 28.5 Å². The number of ether oxygens (including phenoxy) is 1. The minimum absolute atomic E-state index is 0.0949. The summed E-state index contributed by atoms with van der Waals surface area (Å²) in [7, 11) is -0.327. The maximum absolute atomic E-state index is 14.7. The second-order valence-corrected chi connectivity index (χ2v) is 14.0. The average Bonchev–Trinajstić information content (AvgIpc) is 3.53. The van der Waals surface area contributed by atoms with Crippen molar-refractivity contribution in [1.82, 2.24) is 15.0 Å². The van der Waals surface area contributed by atoms with Crippen LogP contribution in [0.15, 0.2) is 77.8 Å². The van der Waals surface area contributed by atoms with Gasteiger partial charge in [-0.3, -0.25) is 0 Å². The smallest absolute Gasteiger partial charge is 0.493 e. The lowest BCUT2D eigenvalue weighted by molar-refractivity contribution is -0.199. The number of carbonyl (C=O) groups excluding carboxylic acids is 1. The SMILES string of the molecule is COc1ccc(Nc2nccc(-c3sc(C(C)C)nc3-c3cccc(N(OC(=O)C(F)(F)F)S(=O)(=O)c4c(F)cccc4F)c3)n2)cc1N(C)C. The van der Waals surface area contributed by atoms with Crippen LogP contribution in [0.2, 0.25) is 0 Å². The average molecular weight is 749 g/mol. The number of hydrogen-bond donors (Lipinski definition) is 1. The molecule has 2 aromatic heterocycles. The molecule has 2 heterocycles. The fraction of sp³-hybridized carbons (Fsp3) is 0.212. The monoisotopic (exact) mass is 748 g/mol. The molecule has 0 saturated carbocycles.